The maximum absolute atomic E-state index is 12.7. The van der Waals surface area contributed by atoms with Crippen LogP contribution in [-0.4, -0.2) is 32.1 Å². The second-order valence-corrected chi connectivity index (χ2v) is 6.88. The Balaban J connectivity index is 1.53. The molecule has 0 atom stereocenters. The van der Waals surface area contributed by atoms with Crippen molar-refractivity contribution in [2.45, 2.75) is 20.0 Å². The van der Waals surface area contributed by atoms with Crippen molar-refractivity contribution in [3.05, 3.63) is 81.9 Å². The van der Waals surface area contributed by atoms with Crippen LogP contribution in [0.1, 0.15) is 33.1 Å². The van der Waals surface area contributed by atoms with Crippen molar-refractivity contribution < 1.29 is 4.79 Å². The van der Waals surface area contributed by atoms with Gasteiger partial charge in [-0.3, -0.25) is 4.79 Å². The highest BCUT2D eigenvalue weighted by Crippen LogP contribution is 2.16. The quantitative estimate of drug-likeness (QED) is 0.612. The van der Waals surface area contributed by atoms with Gasteiger partial charge in [-0.1, -0.05) is 41.3 Å². The van der Waals surface area contributed by atoms with Gasteiger partial charge in [-0.05, 0) is 43.2 Å². The topological polar surface area (TPSA) is 51.0 Å². The number of hydrogen-bond donors (Lipinski definition) is 0. The first-order valence-electron chi connectivity index (χ1n) is 8.66. The summed E-state index contributed by atoms with van der Waals surface area (Å²) >= 11 is 5.99. The molecule has 0 unspecified atom stereocenters. The van der Waals surface area contributed by atoms with Crippen LogP contribution >= 0.6 is 11.6 Å². The van der Waals surface area contributed by atoms with Crippen LogP contribution in [0.5, 0.6) is 0 Å². The Labute approximate surface area is 162 Å². The van der Waals surface area contributed by atoms with E-state index in [4.69, 9.17) is 11.6 Å². The van der Waals surface area contributed by atoms with E-state index in [1.165, 1.54) is 0 Å². The lowest BCUT2D eigenvalue weighted by molar-refractivity contribution is 0.0707. The summed E-state index contributed by atoms with van der Waals surface area (Å²) in [4.78, 5) is 14.5. The fourth-order valence-electron chi connectivity index (χ4n) is 3.08. The van der Waals surface area contributed by atoms with Gasteiger partial charge in [-0.15, -0.1) is 10.2 Å². The monoisotopic (exact) mass is 376 g/mol. The summed E-state index contributed by atoms with van der Waals surface area (Å²) < 4.78 is 1.97. The number of amides is 1. The lowest BCUT2D eigenvalue weighted by atomic mass is 10.1. The van der Waals surface area contributed by atoms with Crippen LogP contribution in [0.4, 0.5) is 0 Å². The minimum atomic E-state index is 0.0134. The number of nitrogens with zero attached hydrogens (tertiary/aromatic N) is 4. The number of benzene rings is 2. The van der Waals surface area contributed by atoms with Crippen molar-refractivity contribution in [2.24, 2.45) is 0 Å². The molecule has 1 aromatic heterocycles. The van der Waals surface area contributed by atoms with Crippen LogP contribution in [0, 0.1) is 18.8 Å². The van der Waals surface area contributed by atoms with E-state index in [1.807, 2.05) is 60.0 Å². The van der Waals surface area contributed by atoms with Gasteiger partial charge < -0.3 is 9.47 Å². The lowest BCUT2D eigenvalue weighted by Gasteiger charge is -2.27. The summed E-state index contributed by atoms with van der Waals surface area (Å²) in [6.45, 7) is 3.64. The maximum atomic E-state index is 12.7. The van der Waals surface area contributed by atoms with Crippen molar-refractivity contribution in [1.82, 2.24) is 19.7 Å². The summed E-state index contributed by atoms with van der Waals surface area (Å²) in [5, 5.41) is 9.05. The first-order chi connectivity index (χ1) is 13.1. The predicted octanol–water partition coefficient (Wildman–Crippen LogP) is 3.30. The third-order valence-corrected chi connectivity index (χ3v) is 4.68. The highest BCUT2D eigenvalue weighted by atomic mass is 35.5. The molecule has 3 aromatic rings. The molecule has 1 aliphatic rings. The first-order valence-corrected chi connectivity index (χ1v) is 9.03. The highest BCUT2D eigenvalue weighted by molar-refractivity contribution is 6.30. The molecule has 4 rings (SSSR count). The standard InChI is InChI=1S/C21H17ClN4O/c1-15-4-2-6-17(12-15)21(27)25-10-11-26-19(23-24-20(26)14-25)9-8-16-5-3-7-18(22)13-16/h2-7,12-13H,10-11,14H2,1H3. The molecule has 5 nitrogen and oxygen atoms in total. The van der Waals surface area contributed by atoms with Crippen LogP contribution in [0.3, 0.4) is 0 Å². The average molecular weight is 377 g/mol. The van der Waals surface area contributed by atoms with E-state index in [1.54, 1.807) is 4.90 Å². The third-order valence-electron chi connectivity index (χ3n) is 4.45. The number of hydrogen-bond acceptors (Lipinski definition) is 3. The lowest BCUT2D eigenvalue weighted by Crippen LogP contribution is -2.38. The molecule has 0 aliphatic carbocycles. The molecular formula is C21H17ClN4O. The Morgan fingerprint density at radius 1 is 1.07 bits per heavy atom. The summed E-state index contributed by atoms with van der Waals surface area (Å²) in [6.07, 6.45) is 0. The molecule has 6 heteroatoms. The van der Waals surface area contributed by atoms with Crippen molar-refractivity contribution in [3.8, 4) is 11.8 Å². The molecule has 2 aromatic carbocycles. The second kappa shape index (κ2) is 7.26. The Hall–Kier alpha value is -3.10. The Bertz CT molecular complexity index is 1080. The van der Waals surface area contributed by atoms with Gasteiger partial charge in [0.15, 0.2) is 5.82 Å². The minimum absolute atomic E-state index is 0.0134. The van der Waals surface area contributed by atoms with E-state index >= 15 is 0 Å². The second-order valence-electron chi connectivity index (χ2n) is 6.45. The summed E-state index contributed by atoms with van der Waals surface area (Å²) in [5.41, 5.74) is 2.59. The van der Waals surface area contributed by atoms with Crippen molar-refractivity contribution in [1.29, 1.82) is 0 Å². The zero-order chi connectivity index (χ0) is 18.8. The molecule has 0 saturated heterocycles. The molecule has 0 N–H and O–H groups in total. The van der Waals surface area contributed by atoms with Crippen LogP contribution in [-0.2, 0) is 13.1 Å². The van der Waals surface area contributed by atoms with Gasteiger partial charge in [-0.25, -0.2) is 0 Å². The van der Waals surface area contributed by atoms with Gasteiger partial charge in [0.1, 0.15) is 0 Å². The molecule has 0 radical (unpaired) electrons. The number of fused-ring (bicyclic) bond motifs is 1. The number of carbonyl (C=O) groups excluding carboxylic acids is 1. The van der Waals surface area contributed by atoms with Crippen LogP contribution in [0.25, 0.3) is 0 Å². The molecule has 0 fully saturated rings. The largest absolute Gasteiger partial charge is 0.329 e. The van der Waals surface area contributed by atoms with Crippen molar-refractivity contribution >= 4 is 17.5 Å². The SMILES string of the molecule is Cc1cccc(C(=O)N2CCn3c(C#Cc4cccc(Cl)c4)nnc3C2)c1. The molecular weight excluding hydrogens is 360 g/mol. The fourth-order valence-corrected chi connectivity index (χ4v) is 3.27. The van der Waals surface area contributed by atoms with Crippen LogP contribution < -0.4 is 0 Å². The van der Waals surface area contributed by atoms with Gasteiger partial charge in [0.05, 0.1) is 6.54 Å². The zero-order valence-corrected chi connectivity index (χ0v) is 15.6. The molecule has 1 amide bonds. The maximum Gasteiger partial charge on any atom is 0.254 e. The van der Waals surface area contributed by atoms with Crippen LogP contribution in [0.15, 0.2) is 48.5 Å². The van der Waals surface area contributed by atoms with Crippen molar-refractivity contribution in [3.63, 3.8) is 0 Å². The molecule has 0 bridgehead atoms. The molecule has 27 heavy (non-hydrogen) atoms. The third kappa shape index (κ3) is 3.71. The zero-order valence-electron chi connectivity index (χ0n) is 14.8. The van der Waals surface area contributed by atoms with E-state index in [0.717, 1.165) is 17.0 Å². The number of aryl methyl sites for hydroxylation is 1. The van der Waals surface area contributed by atoms with E-state index < -0.39 is 0 Å². The smallest absolute Gasteiger partial charge is 0.254 e. The molecule has 0 saturated carbocycles. The number of halogens is 1. The fraction of sp³-hybridized carbons (Fsp3) is 0.190. The highest BCUT2D eigenvalue weighted by Gasteiger charge is 2.24. The average Bonchev–Trinajstić information content (AvgIpc) is 3.08. The summed E-state index contributed by atoms with van der Waals surface area (Å²) in [5.74, 6) is 7.49. The Kier molecular flexibility index (Phi) is 4.66. The summed E-state index contributed by atoms with van der Waals surface area (Å²) in [7, 11) is 0. The molecule has 2 heterocycles. The van der Waals surface area contributed by atoms with Crippen molar-refractivity contribution in [2.75, 3.05) is 6.54 Å². The predicted molar refractivity (Wildman–Crippen MR) is 103 cm³/mol. The van der Waals surface area contributed by atoms with Gasteiger partial charge in [-0.2, -0.15) is 0 Å². The number of rotatable bonds is 1. The number of aromatic nitrogens is 3. The van der Waals surface area contributed by atoms with Gasteiger partial charge in [0, 0.05) is 29.2 Å². The van der Waals surface area contributed by atoms with Gasteiger partial charge in [0.2, 0.25) is 5.82 Å². The van der Waals surface area contributed by atoms with E-state index in [2.05, 4.69) is 22.0 Å². The van der Waals surface area contributed by atoms with E-state index in [-0.39, 0.29) is 5.91 Å². The first kappa shape index (κ1) is 17.3. The van der Waals surface area contributed by atoms with Crippen LogP contribution in [0.2, 0.25) is 5.02 Å². The molecule has 134 valence electrons. The molecule has 1 aliphatic heterocycles. The number of carbonyl (C=O) groups is 1. The summed E-state index contributed by atoms with van der Waals surface area (Å²) in [6, 6.07) is 15.0. The van der Waals surface area contributed by atoms with Gasteiger partial charge in [0.25, 0.3) is 5.91 Å². The minimum Gasteiger partial charge on any atom is -0.329 e. The van der Waals surface area contributed by atoms with E-state index in [0.29, 0.717) is 36.0 Å². The molecule has 0 spiro atoms. The Morgan fingerprint density at radius 3 is 2.74 bits per heavy atom. The normalized spacial score (nSPS) is 12.9. The van der Waals surface area contributed by atoms with E-state index in [9.17, 15) is 4.79 Å². The Morgan fingerprint density at radius 2 is 1.93 bits per heavy atom. The van der Waals surface area contributed by atoms with Gasteiger partial charge >= 0.3 is 0 Å².